The van der Waals surface area contributed by atoms with Crippen molar-refractivity contribution in [3.05, 3.63) is 11.6 Å². The van der Waals surface area contributed by atoms with E-state index in [0.717, 1.165) is 31.3 Å². The molecule has 5 nitrogen and oxygen atoms in total. The molecule has 2 fully saturated rings. The van der Waals surface area contributed by atoms with Crippen LogP contribution >= 0.6 is 0 Å². The molecular formula is C17H27NO4. The van der Waals surface area contributed by atoms with E-state index in [9.17, 15) is 9.59 Å². The number of esters is 1. The van der Waals surface area contributed by atoms with Gasteiger partial charge >= 0.3 is 12.1 Å². The summed E-state index contributed by atoms with van der Waals surface area (Å²) in [6, 6.07) is 0. The van der Waals surface area contributed by atoms with Crippen molar-refractivity contribution in [1.29, 1.82) is 0 Å². The first-order chi connectivity index (χ1) is 10.3. The van der Waals surface area contributed by atoms with Crippen LogP contribution in [0.4, 0.5) is 4.79 Å². The Morgan fingerprint density at radius 2 is 1.95 bits per heavy atom. The Morgan fingerprint density at radius 3 is 2.59 bits per heavy atom. The van der Waals surface area contributed by atoms with Crippen molar-refractivity contribution < 1.29 is 19.1 Å². The first-order valence-corrected chi connectivity index (χ1v) is 8.05. The van der Waals surface area contributed by atoms with Crippen molar-refractivity contribution in [2.75, 3.05) is 20.2 Å². The minimum absolute atomic E-state index is 0.235. The van der Waals surface area contributed by atoms with E-state index in [0.29, 0.717) is 19.0 Å². The topological polar surface area (TPSA) is 55.8 Å². The number of carbonyl (C=O) groups excluding carboxylic acids is 2. The zero-order valence-electron chi connectivity index (χ0n) is 14.1. The number of methoxy groups -OCH3 is 1. The fraction of sp³-hybridized carbons (Fsp3) is 0.765. The van der Waals surface area contributed by atoms with Gasteiger partial charge in [0.2, 0.25) is 0 Å². The summed E-state index contributed by atoms with van der Waals surface area (Å²) in [6.45, 7) is 6.99. The largest absolute Gasteiger partial charge is 0.466 e. The highest BCUT2D eigenvalue weighted by molar-refractivity contribution is 5.82. The monoisotopic (exact) mass is 309 g/mol. The van der Waals surface area contributed by atoms with Crippen molar-refractivity contribution in [3.8, 4) is 0 Å². The highest BCUT2D eigenvalue weighted by atomic mass is 16.6. The summed E-state index contributed by atoms with van der Waals surface area (Å²) in [5.41, 5.74) is 0.642. The van der Waals surface area contributed by atoms with Gasteiger partial charge in [-0.25, -0.2) is 9.59 Å². The predicted molar refractivity (Wildman–Crippen MR) is 83.4 cm³/mol. The minimum Gasteiger partial charge on any atom is -0.466 e. The molecule has 2 rings (SSSR count). The van der Waals surface area contributed by atoms with Gasteiger partial charge in [0.05, 0.1) is 7.11 Å². The summed E-state index contributed by atoms with van der Waals surface area (Å²) in [5.74, 6) is 0.335. The molecule has 2 bridgehead atoms. The Morgan fingerprint density at radius 1 is 1.23 bits per heavy atom. The molecule has 1 heterocycles. The quantitative estimate of drug-likeness (QED) is 0.551. The van der Waals surface area contributed by atoms with Gasteiger partial charge in [0.25, 0.3) is 0 Å². The number of rotatable bonds is 1. The number of hydrogen-bond donors (Lipinski definition) is 0. The van der Waals surface area contributed by atoms with E-state index < -0.39 is 5.60 Å². The molecule has 124 valence electrons. The van der Waals surface area contributed by atoms with Crippen LogP contribution in [0.2, 0.25) is 0 Å². The van der Waals surface area contributed by atoms with E-state index in [1.807, 2.05) is 25.7 Å². The lowest BCUT2D eigenvalue weighted by molar-refractivity contribution is -0.134. The SMILES string of the molecule is COC(=O)/C=C1/CC2CCCC1CN(C(=O)OC(C)(C)C)C2. The Balaban J connectivity index is 2.15. The Hall–Kier alpha value is -1.52. The van der Waals surface area contributed by atoms with Gasteiger partial charge in [0.1, 0.15) is 5.60 Å². The number of likely N-dealkylation sites (tertiary alicyclic amines) is 1. The van der Waals surface area contributed by atoms with Gasteiger partial charge < -0.3 is 14.4 Å². The van der Waals surface area contributed by atoms with Crippen LogP contribution in [0.5, 0.6) is 0 Å². The molecule has 0 aromatic carbocycles. The van der Waals surface area contributed by atoms with E-state index in [1.54, 1.807) is 6.08 Å². The van der Waals surface area contributed by atoms with Gasteiger partial charge in [0.15, 0.2) is 0 Å². The van der Waals surface area contributed by atoms with Crippen LogP contribution in [-0.4, -0.2) is 42.8 Å². The van der Waals surface area contributed by atoms with Crippen molar-refractivity contribution in [2.24, 2.45) is 11.8 Å². The first kappa shape index (κ1) is 16.8. The number of carbonyl (C=O) groups is 2. The van der Waals surface area contributed by atoms with Crippen LogP contribution in [0, 0.1) is 11.8 Å². The molecule has 1 saturated carbocycles. The molecule has 2 aliphatic rings. The molecule has 2 unspecified atom stereocenters. The van der Waals surface area contributed by atoms with Crippen LogP contribution in [0.25, 0.3) is 0 Å². The third-order valence-electron chi connectivity index (χ3n) is 4.29. The van der Waals surface area contributed by atoms with Gasteiger partial charge in [-0.2, -0.15) is 0 Å². The van der Waals surface area contributed by atoms with Crippen LogP contribution in [0.3, 0.4) is 0 Å². The molecule has 5 heteroatoms. The molecule has 1 aliphatic carbocycles. The second-order valence-corrected chi connectivity index (χ2v) is 7.33. The molecule has 22 heavy (non-hydrogen) atoms. The molecular weight excluding hydrogens is 282 g/mol. The van der Waals surface area contributed by atoms with Gasteiger partial charge in [-0.15, -0.1) is 0 Å². The summed E-state index contributed by atoms with van der Waals surface area (Å²) in [7, 11) is 1.40. The smallest absolute Gasteiger partial charge is 0.410 e. The van der Waals surface area contributed by atoms with Crippen molar-refractivity contribution in [1.82, 2.24) is 4.90 Å². The maximum Gasteiger partial charge on any atom is 0.410 e. The number of hydrogen-bond acceptors (Lipinski definition) is 4. The van der Waals surface area contributed by atoms with E-state index in [4.69, 9.17) is 9.47 Å². The molecule has 1 amide bonds. The van der Waals surface area contributed by atoms with Crippen molar-refractivity contribution in [3.63, 3.8) is 0 Å². The summed E-state index contributed by atoms with van der Waals surface area (Å²) in [4.78, 5) is 25.8. The summed E-state index contributed by atoms with van der Waals surface area (Å²) < 4.78 is 10.3. The molecule has 1 saturated heterocycles. The van der Waals surface area contributed by atoms with Crippen LogP contribution in [-0.2, 0) is 14.3 Å². The average Bonchev–Trinajstić information content (AvgIpc) is 2.66. The maximum absolute atomic E-state index is 12.4. The first-order valence-electron chi connectivity index (χ1n) is 8.05. The fourth-order valence-electron chi connectivity index (χ4n) is 3.32. The highest BCUT2D eigenvalue weighted by Gasteiger charge is 2.34. The Kier molecular flexibility index (Phi) is 5.14. The Labute approximate surface area is 132 Å². The summed E-state index contributed by atoms with van der Waals surface area (Å²) >= 11 is 0. The lowest BCUT2D eigenvalue weighted by Crippen LogP contribution is -2.41. The Bertz CT molecular complexity index is 464. The van der Waals surface area contributed by atoms with Gasteiger partial charge in [0, 0.05) is 19.2 Å². The van der Waals surface area contributed by atoms with Crippen molar-refractivity contribution >= 4 is 12.1 Å². The van der Waals surface area contributed by atoms with Crippen molar-refractivity contribution in [2.45, 2.75) is 52.1 Å². The number of nitrogens with zero attached hydrogens (tertiary/aromatic N) is 1. The van der Waals surface area contributed by atoms with Crippen LogP contribution in [0.15, 0.2) is 11.6 Å². The lowest BCUT2D eigenvalue weighted by Gasteiger charge is -2.31. The maximum atomic E-state index is 12.4. The predicted octanol–water partition coefficient (Wildman–Crippen LogP) is 3.14. The minimum atomic E-state index is -0.483. The average molecular weight is 309 g/mol. The molecule has 0 N–H and O–H groups in total. The molecule has 2 atom stereocenters. The zero-order valence-corrected chi connectivity index (χ0v) is 14.1. The van der Waals surface area contributed by atoms with Crippen LogP contribution in [0.1, 0.15) is 46.5 Å². The molecule has 0 aromatic rings. The van der Waals surface area contributed by atoms with E-state index in [1.165, 1.54) is 7.11 Å². The molecule has 1 aliphatic heterocycles. The number of amides is 1. The standard InChI is InChI=1S/C17H27NO4/c1-17(2,3)22-16(20)18-10-12-6-5-7-13(11-18)14(8-12)9-15(19)21-4/h9,12-13H,5-8,10-11H2,1-4H3/b14-9-. The number of ether oxygens (including phenoxy) is 2. The lowest BCUT2D eigenvalue weighted by atomic mass is 9.93. The van der Waals surface area contributed by atoms with Gasteiger partial charge in [-0.1, -0.05) is 12.0 Å². The number of fused-ring (bicyclic) bond motifs is 3. The molecule has 0 spiro atoms. The van der Waals surface area contributed by atoms with E-state index in [-0.39, 0.29) is 18.0 Å². The normalized spacial score (nSPS) is 27.3. The fourth-order valence-corrected chi connectivity index (χ4v) is 3.32. The second-order valence-electron chi connectivity index (χ2n) is 7.33. The molecule has 0 radical (unpaired) electrons. The summed E-state index contributed by atoms with van der Waals surface area (Å²) in [6.07, 6.45) is 5.51. The van der Waals surface area contributed by atoms with E-state index >= 15 is 0 Å². The van der Waals surface area contributed by atoms with Gasteiger partial charge in [-0.3, -0.25) is 0 Å². The third-order valence-corrected chi connectivity index (χ3v) is 4.29. The summed E-state index contributed by atoms with van der Waals surface area (Å²) in [5, 5.41) is 0. The van der Waals surface area contributed by atoms with Crippen LogP contribution < -0.4 is 0 Å². The third kappa shape index (κ3) is 4.49. The van der Waals surface area contributed by atoms with Gasteiger partial charge in [-0.05, 0) is 51.9 Å². The van der Waals surface area contributed by atoms with E-state index in [2.05, 4.69) is 0 Å². The highest BCUT2D eigenvalue weighted by Crippen LogP contribution is 2.36. The second kappa shape index (κ2) is 6.71. The molecule has 0 aromatic heterocycles. The zero-order chi connectivity index (χ0) is 16.3.